The fourth-order valence-corrected chi connectivity index (χ4v) is 6.14. The number of carbonyl (C=O) groups excluding carboxylic acids is 1. The number of hydrogen-bond donors (Lipinski definition) is 2. The number of carbonyl (C=O) groups is 1. The largest absolute Gasteiger partial charge is 0.352 e. The standard InChI is InChI=1S/C25H46N2O/c1-24(2,3)18-20-10-12-21(13-11-20)27-23(28)22-14-17-25(19-26-22)15-8-6-4-5-7-9-16-25/h20-22,26H,4-19H2,1-3H3,(H,27,28). The first-order valence-corrected chi connectivity index (χ1v) is 12.4. The van der Waals surface area contributed by atoms with Crippen molar-refractivity contribution in [1.82, 2.24) is 10.6 Å². The highest BCUT2D eigenvalue weighted by molar-refractivity contribution is 5.82. The zero-order valence-electron chi connectivity index (χ0n) is 19.0. The highest BCUT2D eigenvalue weighted by Gasteiger charge is 2.37. The minimum atomic E-state index is 0.0468. The predicted octanol–water partition coefficient (Wildman–Crippen LogP) is 5.97. The second-order valence-electron chi connectivity index (χ2n) is 11.6. The summed E-state index contributed by atoms with van der Waals surface area (Å²) in [7, 11) is 0. The minimum Gasteiger partial charge on any atom is -0.352 e. The molecule has 2 saturated carbocycles. The minimum absolute atomic E-state index is 0.0468. The molecule has 0 aromatic heterocycles. The molecule has 1 heterocycles. The van der Waals surface area contributed by atoms with Gasteiger partial charge in [0, 0.05) is 12.6 Å². The average Bonchev–Trinajstić information content (AvgIpc) is 2.75. The Morgan fingerprint density at radius 1 is 0.893 bits per heavy atom. The molecule has 3 nitrogen and oxygen atoms in total. The lowest BCUT2D eigenvalue weighted by Gasteiger charge is -2.41. The maximum Gasteiger partial charge on any atom is 0.237 e. The second kappa shape index (κ2) is 9.96. The van der Waals surface area contributed by atoms with E-state index in [0.29, 0.717) is 16.9 Å². The summed E-state index contributed by atoms with van der Waals surface area (Å²) in [5.41, 5.74) is 0.908. The van der Waals surface area contributed by atoms with Crippen LogP contribution in [0, 0.1) is 16.7 Å². The van der Waals surface area contributed by atoms with Gasteiger partial charge in [-0.25, -0.2) is 0 Å². The van der Waals surface area contributed by atoms with Gasteiger partial charge in [-0.2, -0.15) is 0 Å². The fourth-order valence-electron chi connectivity index (χ4n) is 6.14. The Morgan fingerprint density at radius 3 is 2.04 bits per heavy atom. The lowest BCUT2D eigenvalue weighted by atomic mass is 9.72. The maximum atomic E-state index is 12.9. The van der Waals surface area contributed by atoms with Crippen molar-refractivity contribution in [2.75, 3.05) is 6.54 Å². The molecule has 0 aromatic rings. The van der Waals surface area contributed by atoms with Crippen LogP contribution in [0.15, 0.2) is 0 Å². The highest BCUT2D eigenvalue weighted by atomic mass is 16.2. The van der Waals surface area contributed by atoms with Gasteiger partial charge in [-0.1, -0.05) is 59.3 Å². The van der Waals surface area contributed by atoms with E-state index in [1.165, 1.54) is 89.9 Å². The van der Waals surface area contributed by atoms with Gasteiger partial charge in [0.15, 0.2) is 0 Å². The smallest absolute Gasteiger partial charge is 0.237 e. The zero-order valence-corrected chi connectivity index (χ0v) is 19.0. The zero-order chi connectivity index (χ0) is 20.0. The lowest BCUT2D eigenvalue weighted by molar-refractivity contribution is -0.125. The Kier molecular flexibility index (Phi) is 7.87. The molecule has 3 fully saturated rings. The average molecular weight is 391 g/mol. The molecule has 1 aliphatic heterocycles. The molecular weight excluding hydrogens is 344 g/mol. The summed E-state index contributed by atoms with van der Waals surface area (Å²) < 4.78 is 0. The van der Waals surface area contributed by atoms with Crippen molar-refractivity contribution < 1.29 is 4.79 Å². The van der Waals surface area contributed by atoms with E-state index in [1.54, 1.807) is 0 Å². The molecule has 3 aliphatic rings. The third-order valence-electron chi connectivity index (χ3n) is 7.76. The Hall–Kier alpha value is -0.570. The van der Waals surface area contributed by atoms with Gasteiger partial charge in [-0.3, -0.25) is 4.79 Å². The molecular formula is C25H46N2O. The van der Waals surface area contributed by atoms with Gasteiger partial charge in [-0.15, -0.1) is 0 Å². The number of rotatable bonds is 3. The van der Waals surface area contributed by atoms with Gasteiger partial charge in [0.05, 0.1) is 6.04 Å². The van der Waals surface area contributed by atoms with Crippen molar-refractivity contribution >= 4 is 5.91 Å². The van der Waals surface area contributed by atoms with Gasteiger partial charge < -0.3 is 10.6 Å². The molecule has 3 heteroatoms. The van der Waals surface area contributed by atoms with Crippen LogP contribution in [0.25, 0.3) is 0 Å². The van der Waals surface area contributed by atoms with Crippen molar-refractivity contribution in [2.45, 2.75) is 129 Å². The quantitative estimate of drug-likeness (QED) is 0.623. The summed E-state index contributed by atoms with van der Waals surface area (Å²) in [6.07, 6.45) is 19.7. The molecule has 2 aliphatic carbocycles. The predicted molar refractivity (Wildman–Crippen MR) is 118 cm³/mol. The Bertz CT molecular complexity index is 467. The van der Waals surface area contributed by atoms with Gasteiger partial charge in [0.1, 0.15) is 0 Å². The Labute approximate surface area is 174 Å². The van der Waals surface area contributed by atoms with Gasteiger partial charge in [0.25, 0.3) is 0 Å². The van der Waals surface area contributed by atoms with Crippen LogP contribution in [0.2, 0.25) is 0 Å². The summed E-state index contributed by atoms with van der Waals surface area (Å²) in [5, 5.41) is 7.06. The second-order valence-corrected chi connectivity index (χ2v) is 11.6. The van der Waals surface area contributed by atoms with Crippen LogP contribution in [0.5, 0.6) is 0 Å². The summed E-state index contributed by atoms with van der Waals surface area (Å²) in [6, 6.07) is 0.455. The van der Waals surface area contributed by atoms with E-state index in [1.807, 2.05) is 0 Å². The molecule has 1 unspecified atom stereocenters. The topological polar surface area (TPSA) is 41.1 Å². The van der Waals surface area contributed by atoms with Gasteiger partial charge in [-0.05, 0) is 74.5 Å². The molecule has 1 saturated heterocycles. The number of piperidine rings is 1. The number of amides is 1. The van der Waals surface area contributed by atoms with E-state index in [4.69, 9.17) is 0 Å². The molecule has 162 valence electrons. The SMILES string of the molecule is CC(C)(C)CC1CCC(NC(=O)C2CCC3(CCCCCCCC3)CN2)CC1. The molecule has 2 N–H and O–H groups in total. The fraction of sp³-hybridized carbons (Fsp3) is 0.960. The van der Waals surface area contributed by atoms with E-state index < -0.39 is 0 Å². The Balaban J connectivity index is 1.40. The van der Waals surface area contributed by atoms with E-state index in [2.05, 4.69) is 31.4 Å². The molecule has 3 rings (SSSR count). The van der Waals surface area contributed by atoms with Crippen molar-refractivity contribution in [1.29, 1.82) is 0 Å². The summed E-state index contributed by atoms with van der Waals surface area (Å²) >= 11 is 0. The van der Waals surface area contributed by atoms with Crippen molar-refractivity contribution in [2.24, 2.45) is 16.7 Å². The first kappa shape index (κ1) is 22.1. The van der Waals surface area contributed by atoms with Crippen LogP contribution in [0.1, 0.15) is 117 Å². The van der Waals surface area contributed by atoms with Crippen LogP contribution in [-0.2, 0) is 4.79 Å². The lowest BCUT2D eigenvalue weighted by Crippen LogP contribution is -2.54. The van der Waals surface area contributed by atoms with Crippen LogP contribution >= 0.6 is 0 Å². The number of nitrogens with one attached hydrogen (secondary N) is 2. The molecule has 1 spiro atoms. The van der Waals surface area contributed by atoms with E-state index in [0.717, 1.165) is 18.9 Å². The van der Waals surface area contributed by atoms with Crippen molar-refractivity contribution in [3.8, 4) is 0 Å². The molecule has 28 heavy (non-hydrogen) atoms. The van der Waals surface area contributed by atoms with Crippen LogP contribution < -0.4 is 10.6 Å². The first-order valence-electron chi connectivity index (χ1n) is 12.4. The van der Waals surface area contributed by atoms with Crippen LogP contribution in [0.4, 0.5) is 0 Å². The van der Waals surface area contributed by atoms with Crippen molar-refractivity contribution in [3.63, 3.8) is 0 Å². The maximum absolute atomic E-state index is 12.9. The molecule has 0 aromatic carbocycles. The van der Waals surface area contributed by atoms with Gasteiger partial charge in [0.2, 0.25) is 5.91 Å². The van der Waals surface area contributed by atoms with Crippen LogP contribution in [0.3, 0.4) is 0 Å². The Morgan fingerprint density at radius 2 is 1.50 bits per heavy atom. The van der Waals surface area contributed by atoms with Crippen molar-refractivity contribution in [3.05, 3.63) is 0 Å². The summed E-state index contributed by atoms with van der Waals surface area (Å²) in [6.45, 7) is 8.10. The molecule has 1 atom stereocenters. The van der Waals surface area contributed by atoms with E-state index >= 15 is 0 Å². The third-order valence-corrected chi connectivity index (χ3v) is 7.76. The van der Waals surface area contributed by atoms with Gasteiger partial charge >= 0.3 is 0 Å². The highest BCUT2D eigenvalue weighted by Crippen LogP contribution is 2.40. The summed E-state index contributed by atoms with van der Waals surface area (Å²) in [4.78, 5) is 12.9. The van der Waals surface area contributed by atoms with Crippen LogP contribution in [-0.4, -0.2) is 24.5 Å². The molecule has 1 amide bonds. The molecule has 0 bridgehead atoms. The van der Waals surface area contributed by atoms with E-state index in [-0.39, 0.29) is 11.9 Å². The summed E-state index contributed by atoms with van der Waals surface area (Å²) in [5.74, 6) is 1.13. The molecule has 0 radical (unpaired) electrons. The first-order chi connectivity index (χ1) is 13.4. The normalized spacial score (nSPS) is 32.2. The number of hydrogen-bond acceptors (Lipinski definition) is 2. The monoisotopic (exact) mass is 390 g/mol. The third kappa shape index (κ3) is 6.75. The van der Waals surface area contributed by atoms with E-state index in [9.17, 15) is 4.79 Å².